The van der Waals surface area contributed by atoms with E-state index in [0.717, 1.165) is 25.8 Å². The van der Waals surface area contributed by atoms with Crippen molar-refractivity contribution in [1.29, 1.82) is 0 Å². The van der Waals surface area contributed by atoms with E-state index in [2.05, 4.69) is 4.90 Å². The first-order valence-electron chi connectivity index (χ1n) is 5.87. The molecule has 2 aliphatic rings. The van der Waals surface area contributed by atoms with E-state index in [1.165, 1.54) is 19.3 Å². The van der Waals surface area contributed by atoms with Crippen molar-refractivity contribution in [2.24, 2.45) is 0 Å². The summed E-state index contributed by atoms with van der Waals surface area (Å²) in [4.78, 5) is 2.34. The maximum atomic E-state index is 9.92. The van der Waals surface area contributed by atoms with Gasteiger partial charge in [0.05, 0.1) is 12.7 Å². The zero-order valence-electron chi connectivity index (χ0n) is 8.73. The van der Waals surface area contributed by atoms with Gasteiger partial charge in [-0.15, -0.1) is 0 Å². The molecular weight excluding hydrogens is 178 g/mol. The molecule has 0 aliphatic heterocycles. The van der Waals surface area contributed by atoms with Gasteiger partial charge in [0.15, 0.2) is 0 Å². The molecule has 3 nitrogen and oxygen atoms in total. The van der Waals surface area contributed by atoms with Crippen molar-refractivity contribution in [1.82, 2.24) is 4.90 Å². The third-order valence-corrected chi connectivity index (χ3v) is 3.49. The van der Waals surface area contributed by atoms with Crippen LogP contribution in [-0.2, 0) is 0 Å². The number of hydrogen-bond donors (Lipinski definition) is 2. The third kappa shape index (κ3) is 2.27. The third-order valence-electron chi connectivity index (χ3n) is 3.49. The number of hydrogen-bond acceptors (Lipinski definition) is 3. The molecule has 0 radical (unpaired) electrons. The summed E-state index contributed by atoms with van der Waals surface area (Å²) in [5, 5.41) is 18.9. The molecule has 14 heavy (non-hydrogen) atoms. The molecule has 2 rings (SSSR count). The van der Waals surface area contributed by atoms with Gasteiger partial charge in [-0.1, -0.05) is 12.8 Å². The Kier molecular flexibility index (Phi) is 3.42. The van der Waals surface area contributed by atoms with Crippen molar-refractivity contribution >= 4 is 0 Å². The van der Waals surface area contributed by atoms with Crippen LogP contribution in [0, 0.1) is 0 Å². The molecule has 2 N–H and O–H groups in total. The van der Waals surface area contributed by atoms with Crippen molar-refractivity contribution in [3.8, 4) is 0 Å². The average molecular weight is 199 g/mol. The Morgan fingerprint density at radius 2 is 1.79 bits per heavy atom. The summed E-state index contributed by atoms with van der Waals surface area (Å²) in [6, 6.07) is 0.975. The Bertz CT molecular complexity index is 180. The van der Waals surface area contributed by atoms with Crippen molar-refractivity contribution in [2.75, 3.05) is 13.2 Å². The lowest BCUT2D eigenvalue weighted by Crippen LogP contribution is -2.47. The molecule has 2 saturated carbocycles. The number of aliphatic hydroxyl groups is 2. The van der Waals surface area contributed by atoms with E-state index in [1.807, 2.05) is 0 Å². The molecule has 0 saturated heterocycles. The molecule has 0 aromatic carbocycles. The summed E-state index contributed by atoms with van der Waals surface area (Å²) >= 11 is 0. The Hall–Kier alpha value is -0.120. The van der Waals surface area contributed by atoms with Crippen LogP contribution < -0.4 is 0 Å². The minimum Gasteiger partial charge on any atom is -0.395 e. The maximum absolute atomic E-state index is 9.92. The smallest absolute Gasteiger partial charge is 0.0695 e. The Labute approximate surface area is 85.7 Å². The molecule has 0 bridgehead atoms. The highest BCUT2D eigenvalue weighted by Crippen LogP contribution is 2.33. The van der Waals surface area contributed by atoms with E-state index >= 15 is 0 Å². The molecule has 0 aromatic rings. The summed E-state index contributed by atoms with van der Waals surface area (Å²) in [5.41, 5.74) is 0. The van der Waals surface area contributed by atoms with E-state index < -0.39 is 0 Å². The second-order valence-corrected chi connectivity index (χ2v) is 4.61. The highest BCUT2D eigenvalue weighted by atomic mass is 16.3. The predicted molar refractivity (Wildman–Crippen MR) is 55.1 cm³/mol. The monoisotopic (exact) mass is 199 g/mol. The van der Waals surface area contributed by atoms with Gasteiger partial charge in [-0.3, -0.25) is 4.90 Å². The highest BCUT2D eigenvalue weighted by molar-refractivity contribution is 4.92. The van der Waals surface area contributed by atoms with Gasteiger partial charge in [0.1, 0.15) is 0 Å². The number of nitrogens with zero attached hydrogens (tertiary/aromatic N) is 1. The molecular formula is C11H21NO2. The van der Waals surface area contributed by atoms with Crippen LogP contribution in [0.2, 0.25) is 0 Å². The maximum Gasteiger partial charge on any atom is 0.0695 e. The first-order valence-corrected chi connectivity index (χ1v) is 5.87. The van der Waals surface area contributed by atoms with Crippen LogP contribution in [0.1, 0.15) is 38.5 Å². The van der Waals surface area contributed by atoms with Crippen LogP contribution >= 0.6 is 0 Å². The minimum absolute atomic E-state index is 0.157. The van der Waals surface area contributed by atoms with E-state index in [9.17, 15) is 5.11 Å². The van der Waals surface area contributed by atoms with E-state index in [-0.39, 0.29) is 12.7 Å². The lowest BCUT2D eigenvalue weighted by atomic mass is 9.91. The predicted octanol–water partition coefficient (Wildman–Crippen LogP) is 0.747. The SMILES string of the molecule is OCCN(C1CC1)[C@@H]1CCCC[C@H]1O. The van der Waals surface area contributed by atoms with Gasteiger partial charge in [0.2, 0.25) is 0 Å². The molecule has 0 unspecified atom stereocenters. The Morgan fingerprint density at radius 1 is 1.07 bits per heavy atom. The molecule has 0 amide bonds. The number of rotatable bonds is 4. The highest BCUT2D eigenvalue weighted by Gasteiger charge is 2.37. The lowest BCUT2D eigenvalue weighted by Gasteiger charge is -2.37. The summed E-state index contributed by atoms with van der Waals surface area (Å²) < 4.78 is 0. The molecule has 0 heterocycles. The molecule has 82 valence electrons. The van der Waals surface area contributed by atoms with Crippen LogP contribution in [-0.4, -0.2) is 46.5 Å². The van der Waals surface area contributed by atoms with Gasteiger partial charge in [-0.2, -0.15) is 0 Å². The Balaban J connectivity index is 1.93. The second-order valence-electron chi connectivity index (χ2n) is 4.61. The number of aliphatic hydroxyl groups excluding tert-OH is 2. The van der Waals surface area contributed by atoms with Crippen LogP contribution in [0.25, 0.3) is 0 Å². The summed E-state index contributed by atoms with van der Waals surface area (Å²) in [6.07, 6.45) is 6.80. The van der Waals surface area contributed by atoms with Gasteiger partial charge >= 0.3 is 0 Å². The molecule has 2 aliphatic carbocycles. The summed E-state index contributed by atoms with van der Waals surface area (Å²) in [5.74, 6) is 0. The van der Waals surface area contributed by atoms with Crippen LogP contribution in [0.4, 0.5) is 0 Å². The van der Waals surface area contributed by atoms with Crippen molar-refractivity contribution in [3.63, 3.8) is 0 Å². The van der Waals surface area contributed by atoms with Crippen molar-refractivity contribution < 1.29 is 10.2 Å². The first-order chi connectivity index (χ1) is 6.83. The standard InChI is InChI=1S/C11H21NO2/c13-8-7-12(9-5-6-9)10-3-1-2-4-11(10)14/h9-11,13-14H,1-8H2/t10-,11-/m1/s1. The van der Waals surface area contributed by atoms with Crippen molar-refractivity contribution in [3.05, 3.63) is 0 Å². The molecule has 0 spiro atoms. The lowest BCUT2D eigenvalue weighted by molar-refractivity contribution is 0.00840. The zero-order valence-corrected chi connectivity index (χ0v) is 8.73. The fraction of sp³-hybridized carbons (Fsp3) is 1.00. The van der Waals surface area contributed by atoms with Crippen molar-refractivity contribution in [2.45, 2.75) is 56.7 Å². The quantitative estimate of drug-likeness (QED) is 0.702. The largest absolute Gasteiger partial charge is 0.395 e. The molecule has 0 aromatic heterocycles. The van der Waals surface area contributed by atoms with Gasteiger partial charge in [-0.25, -0.2) is 0 Å². The fourth-order valence-corrected chi connectivity index (χ4v) is 2.62. The van der Waals surface area contributed by atoms with Gasteiger partial charge in [-0.05, 0) is 25.7 Å². The van der Waals surface area contributed by atoms with Gasteiger partial charge in [0.25, 0.3) is 0 Å². The van der Waals surface area contributed by atoms with E-state index in [1.54, 1.807) is 0 Å². The topological polar surface area (TPSA) is 43.7 Å². The van der Waals surface area contributed by atoms with Crippen LogP contribution in [0.3, 0.4) is 0 Å². The minimum atomic E-state index is -0.157. The second kappa shape index (κ2) is 4.60. The zero-order chi connectivity index (χ0) is 9.97. The van der Waals surface area contributed by atoms with E-state index in [0.29, 0.717) is 12.1 Å². The molecule has 2 fully saturated rings. The summed E-state index contributed by atoms with van der Waals surface area (Å²) in [7, 11) is 0. The fourth-order valence-electron chi connectivity index (χ4n) is 2.62. The average Bonchev–Trinajstić information content (AvgIpc) is 2.99. The Morgan fingerprint density at radius 3 is 2.36 bits per heavy atom. The van der Waals surface area contributed by atoms with Gasteiger partial charge < -0.3 is 10.2 Å². The molecule has 3 heteroatoms. The molecule has 2 atom stereocenters. The van der Waals surface area contributed by atoms with Crippen LogP contribution in [0.5, 0.6) is 0 Å². The van der Waals surface area contributed by atoms with E-state index in [4.69, 9.17) is 5.11 Å². The first kappa shape index (κ1) is 10.4. The summed E-state index contributed by atoms with van der Waals surface area (Å²) in [6.45, 7) is 0.964. The normalized spacial score (nSPS) is 33.6. The van der Waals surface area contributed by atoms with Gasteiger partial charge in [0, 0.05) is 18.6 Å². The van der Waals surface area contributed by atoms with Crippen LogP contribution in [0.15, 0.2) is 0 Å².